The maximum Gasteiger partial charge on any atom is 0.242 e. The van der Waals surface area contributed by atoms with Crippen molar-refractivity contribution in [2.24, 2.45) is 4.99 Å². The standard InChI is InChI=1S/C12H11BrN2O/c1-8(2)15-11-6-10(13)4-3-9(11)5-12(15)14-7-16/h3-6,8H,1-2H3. The van der Waals surface area contributed by atoms with E-state index in [1.54, 1.807) is 6.08 Å². The molecule has 3 nitrogen and oxygen atoms in total. The van der Waals surface area contributed by atoms with Crippen LogP contribution in [-0.4, -0.2) is 10.6 Å². The van der Waals surface area contributed by atoms with Gasteiger partial charge in [-0.15, -0.1) is 4.99 Å². The quantitative estimate of drug-likeness (QED) is 0.605. The van der Waals surface area contributed by atoms with Crippen molar-refractivity contribution in [3.05, 3.63) is 28.7 Å². The van der Waals surface area contributed by atoms with Gasteiger partial charge in [0.2, 0.25) is 6.08 Å². The van der Waals surface area contributed by atoms with Gasteiger partial charge < -0.3 is 4.57 Å². The van der Waals surface area contributed by atoms with Gasteiger partial charge in [-0.3, -0.25) is 0 Å². The van der Waals surface area contributed by atoms with Crippen molar-refractivity contribution in [3.63, 3.8) is 0 Å². The molecule has 2 aromatic rings. The zero-order valence-corrected chi connectivity index (χ0v) is 10.7. The molecule has 1 heterocycles. The largest absolute Gasteiger partial charge is 0.323 e. The molecule has 16 heavy (non-hydrogen) atoms. The SMILES string of the molecule is CC(C)n1c(N=C=O)cc2ccc(Br)cc21. The van der Waals surface area contributed by atoms with Crippen LogP contribution < -0.4 is 0 Å². The molecular weight excluding hydrogens is 268 g/mol. The van der Waals surface area contributed by atoms with Crippen LogP contribution in [0.5, 0.6) is 0 Å². The molecule has 0 aliphatic rings. The van der Waals surface area contributed by atoms with Crippen molar-refractivity contribution in [1.82, 2.24) is 4.57 Å². The molecule has 0 saturated carbocycles. The number of hydrogen-bond donors (Lipinski definition) is 0. The van der Waals surface area contributed by atoms with Crippen LogP contribution in [0.25, 0.3) is 10.9 Å². The molecule has 0 atom stereocenters. The van der Waals surface area contributed by atoms with Gasteiger partial charge >= 0.3 is 0 Å². The average Bonchev–Trinajstić information content (AvgIpc) is 2.55. The molecule has 0 aliphatic heterocycles. The normalized spacial score (nSPS) is 10.8. The molecule has 0 amide bonds. The monoisotopic (exact) mass is 278 g/mol. The van der Waals surface area contributed by atoms with Gasteiger partial charge in [0.15, 0.2) is 0 Å². The molecule has 4 heteroatoms. The Bertz CT molecular complexity index is 580. The third kappa shape index (κ3) is 1.82. The third-order valence-electron chi connectivity index (χ3n) is 2.46. The molecule has 1 aromatic carbocycles. The van der Waals surface area contributed by atoms with Crippen molar-refractivity contribution in [1.29, 1.82) is 0 Å². The van der Waals surface area contributed by atoms with Crippen molar-refractivity contribution in [2.45, 2.75) is 19.9 Å². The predicted octanol–water partition coefficient (Wildman–Crippen LogP) is 3.95. The lowest BCUT2D eigenvalue weighted by Gasteiger charge is -2.11. The summed E-state index contributed by atoms with van der Waals surface area (Å²) in [5.74, 6) is 0.651. The number of aliphatic imine (C=N–C) groups is 1. The van der Waals surface area contributed by atoms with Gasteiger partial charge in [0.25, 0.3) is 0 Å². The molecule has 0 fully saturated rings. The number of fused-ring (bicyclic) bond motifs is 1. The molecule has 0 saturated heterocycles. The fourth-order valence-electron chi connectivity index (χ4n) is 1.86. The van der Waals surface area contributed by atoms with E-state index >= 15 is 0 Å². The molecule has 82 valence electrons. The number of carbonyl (C=O) groups excluding carboxylic acids is 1. The van der Waals surface area contributed by atoms with Crippen LogP contribution in [0.2, 0.25) is 0 Å². The van der Waals surface area contributed by atoms with Gasteiger partial charge in [-0.2, -0.15) is 0 Å². The summed E-state index contributed by atoms with van der Waals surface area (Å²) in [6.07, 6.45) is 1.60. The fourth-order valence-corrected chi connectivity index (χ4v) is 2.20. The van der Waals surface area contributed by atoms with E-state index in [0.717, 1.165) is 15.4 Å². The summed E-state index contributed by atoms with van der Waals surface area (Å²) < 4.78 is 3.03. The Labute approximate surface area is 102 Å². The van der Waals surface area contributed by atoms with Crippen molar-refractivity contribution < 1.29 is 4.79 Å². The average molecular weight is 279 g/mol. The zero-order chi connectivity index (χ0) is 11.7. The maximum absolute atomic E-state index is 10.4. The summed E-state index contributed by atoms with van der Waals surface area (Å²) in [4.78, 5) is 14.1. The van der Waals surface area contributed by atoms with E-state index in [4.69, 9.17) is 0 Å². The third-order valence-corrected chi connectivity index (χ3v) is 2.95. The number of nitrogens with zero attached hydrogens (tertiary/aromatic N) is 2. The highest BCUT2D eigenvalue weighted by atomic mass is 79.9. The van der Waals surface area contributed by atoms with Gasteiger partial charge in [0.1, 0.15) is 5.82 Å². The highest BCUT2D eigenvalue weighted by Gasteiger charge is 2.10. The number of aromatic nitrogens is 1. The molecule has 1 aromatic heterocycles. The Morgan fingerprint density at radius 2 is 2.12 bits per heavy atom. The fraction of sp³-hybridized carbons (Fsp3) is 0.250. The van der Waals surface area contributed by atoms with Gasteiger partial charge in [-0.05, 0) is 32.0 Å². The second-order valence-electron chi connectivity index (χ2n) is 3.87. The van der Waals surface area contributed by atoms with Gasteiger partial charge in [-0.1, -0.05) is 22.0 Å². The van der Waals surface area contributed by atoms with Gasteiger partial charge in [-0.25, -0.2) is 4.79 Å². The summed E-state index contributed by atoms with van der Waals surface area (Å²) in [5.41, 5.74) is 1.07. The van der Waals surface area contributed by atoms with Crippen molar-refractivity contribution >= 4 is 38.7 Å². The Balaban J connectivity index is 2.82. The number of rotatable bonds is 2. The van der Waals surface area contributed by atoms with Crippen LogP contribution in [0.4, 0.5) is 5.82 Å². The maximum atomic E-state index is 10.4. The van der Waals surface area contributed by atoms with Gasteiger partial charge in [0.05, 0.1) is 5.52 Å². The minimum Gasteiger partial charge on any atom is -0.323 e. The number of halogens is 1. The van der Waals surface area contributed by atoms with Gasteiger partial charge in [0, 0.05) is 15.9 Å². The molecule has 0 N–H and O–H groups in total. The van der Waals surface area contributed by atoms with E-state index in [-0.39, 0.29) is 6.04 Å². The second-order valence-corrected chi connectivity index (χ2v) is 4.79. The van der Waals surface area contributed by atoms with Crippen LogP contribution in [0.15, 0.2) is 33.7 Å². The van der Waals surface area contributed by atoms with Crippen LogP contribution in [0, 0.1) is 0 Å². The molecule has 0 radical (unpaired) electrons. The number of hydrogen-bond acceptors (Lipinski definition) is 2. The Hall–Kier alpha value is -1.38. The molecule has 0 aliphatic carbocycles. The Morgan fingerprint density at radius 1 is 1.38 bits per heavy atom. The predicted molar refractivity (Wildman–Crippen MR) is 67.8 cm³/mol. The highest BCUT2D eigenvalue weighted by Crippen LogP contribution is 2.31. The smallest absolute Gasteiger partial charge is 0.242 e. The first-order valence-corrected chi connectivity index (χ1v) is 5.81. The number of isocyanates is 1. The zero-order valence-electron chi connectivity index (χ0n) is 9.07. The van der Waals surface area contributed by atoms with Crippen LogP contribution >= 0.6 is 15.9 Å². The molecular formula is C12H11BrN2O. The lowest BCUT2D eigenvalue weighted by molar-refractivity contribution is 0.564. The highest BCUT2D eigenvalue weighted by molar-refractivity contribution is 9.10. The van der Waals surface area contributed by atoms with E-state index in [0.29, 0.717) is 5.82 Å². The van der Waals surface area contributed by atoms with Crippen molar-refractivity contribution in [3.8, 4) is 0 Å². The van der Waals surface area contributed by atoms with E-state index in [2.05, 4.69) is 34.8 Å². The topological polar surface area (TPSA) is 34.4 Å². The summed E-state index contributed by atoms with van der Waals surface area (Å²) in [5, 5.41) is 1.07. The minimum atomic E-state index is 0.249. The van der Waals surface area contributed by atoms with Crippen LogP contribution in [0.3, 0.4) is 0 Å². The summed E-state index contributed by atoms with van der Waals surface area (Å²) in [6.45, 7) is 4.12. The molecule has 0 bridgehead atoms. The minimum absolute atomic E-state index is 0.249. The number of benzene rings is 1. The molecule has 2 rings (SSSR count). The summed E-state index contributed by atoms with van der Waals surface area (Å²) in [6, 6.07) is 8.15. The summed E-state index contributed by atoms with van der Waals surface area (Å²) in [7, 11) is 0. The first-order valence-electron chi connectivity index (χ1n) is 5.02. The first-order chi connectivity index (χ1) is 7.63. The van der Waals surface area contributed by atoms with E-state index in [1.807, 2.05) is 28.8 Å². The molecule has 0 spiro atoms. The Kier molecular flexibility index (Phi) is 2.95. The van der Waals surface area contributed by atoms with E-state index in [9.17, 15) is 4.79 Å². The van der Waals surface area contributed by atoms with Crippen LogP contribution in [-0.2, 0) is 4.79 Å². The van der Waals surface area contributed by atoms with E-state index in [1.165, 1.54) is 0 Å². The van der Waals surface area contributed by atoms with Crippen molar-refractivity contribution in [2.75, 3.05) is 0 Å². The van der Waals surface area contributed by atoms with E-state index < -0.39 is 0 Å². The first kappa shape index (κ1) is 11.1. The summed E-state index contributed by atoms with van der Waals surface area (Å²) >= 11 is 3.44. The van der Waals surface area contributed by atoms with Crippen LogP contribution in [0.1, 0.15) is 19.9 Å². The lowest BCUT2D eigenvalue weighted by atomic mass is 10.2. The Morgan fingerprint density at radius 3 is 2.75 bits per heavy atom. The second kappa shape index (κ2) is 4.24. The lowest BCUT2D eigenvalue weighted by Crippen LogP contribution is -1.99. The molecule has 0 unspecified atom stereocenters.